The second kappa shape index (κ2) is 7.20. The second-order valence-electron chi connectivity index (χ2n) is 11.5. The Morgan fingerprint density at radius 3 is 2.79 bits per heavy atom. The van der Waals surface area contributed by atoms with Crippen molar-refractivity contribution < 1.29 is 23.9 Å². The predicted octanol–water partition coefficient (Wildman–Crippen LogP) is 4.97. The van der Waals surface area contributed by atoms with Gasteiger partial charge in [-0.25, -0.2) is 0 Å². The Kier molecular flexibility index (Phi) is 4.64. The van der Waals surface area contributed by atoms with Crippen LogP contribution in [0.5, 0.6) is 11.6 Å². The minimum Gasteiger partial charge on any atom is -0.497 e. The van der Waals surface area contributed by atoms with Gasteiger partial charge >= 0.3 is 0 Å². The number of fused-ring (bicyclic) bond motifs is 4. The minimum atomic E-state index is -0.590. The lowest BCUT2D eigenvalue weighted by Crippen LogP contribution is -2.46. The van der Waals surface area contributed by atoms with Crippen molar-refractivity contribution in [3.05, 3.63) is 41.5 Å². The van der Waals surface area contributed by atoms with Crippen molar-refractivity contribution in [1.29, 1.82) is 0 Å². The van der Waals surface area contributed by atoms with Crippen LogP contribution in [0.15, 0.2) is 46.0 Å². The summed E-state index contributed by atoms with van der Waals surface area (Å²) in [7, 11) is 1.62. The highest BCUT2D eigenvalue weighted by atomic mass is 16.5. The van der Waals surface area contributed by atoms with Gasteiger partial charge in [0.2, 0.25) is 0 Å². The van der Waals surface area contributed by atoms with Crippen LogP contribution in [0, 0.1) is 40.4 Å². The Balaban J connectivity index is 1.43. The number of benzene rings is 1. The number of aromatic nitrogens is 1. The van der Waals surface area contributed by atoms with Crippen molar-refractivity contribution in [1.82, 2.24) is 5.16 Å². The van der Waals surface area contributed by atoms with E-state index in [1.165, 1.54) is 0 Å². The number of hydrogen-bond acceptors (Lipinski definition) is 6. The molecular weight excluding hydrogens is 430 g/mol. The van der Waals surface area contributed by atoms with E-state index < -0.39 is 5.41 Å². The molecule has 0 radical (unpaired) electrons. The summed E-state index contributed by atoms with van der Waals surface area (Å²) in [6, 6.07) is 5.51. The molecule has 2 aromatic rings. The molecule has 1 spiro atoms. The summed E-state index contributed by atoms with van der Waals surface area (Å²) in [6.07, 6.45) is 5.67. The summed E-state index contributed by atoms with van der Waals surface area (Å²) < 4.78 is 17.5. The number of hydrogen-bond donors (Lipinski definition) is 1. The van der Waals surface area contributed by atoms with Crippen molar-refractivity contribution in [2.24, 2.45) is 40.4 Å². The van der Waals surface area contributed by atoms with Gasteiger partial charge in [-0.15, -0.1) is 0 Å². The fourth-order valence-electron chi connectivity index (χ4n) is 7.70. The van der Waals surface area contributed by atoms with Crippen LogP contribution < -0.4 is 9.47 Å². The minimum absolute atomic E-state index is 0.0294. The maximum atomic E-state index is 14.4. The van der Waals surface area contributed by atoms with Crippen LogP contribution in [0.3, 0.4) is 0 Å². The van der Waals surface area contributed by atoms with Gasteiger partial charge in [-0.1, -0.05) is 32.9 Å². The number of aliphatic hydroxyl groups excluding tert-OH is 1. The fraction of sp³-hybridized carbons (Fsp3) is 0.571. The lowest BCUT2D eigenvalue weighted by Gasteiger charge is -2.40. The van der Waals surface area contributed by atoms with Crippen LogP contribution in [-0.4, -0.2) is 35.9 Å². The molecule has 0 aliphatic heterocycles. The third-order valence-corrected chi connectivity index (χ3v) is 9.56. The van der Waals surface area contributed by atoms with Gasteiger partial charge in [0.05, 0.1) is 24.5 Å². The number of methoxy groups -OCH3 is 1. The Bertz CT molecular complexity index is 1240. The molecule has 0 saturated heterocycles. The van der Waals surface area contributed by atoms with E-state index in [1.807, 2.05) is 18.2 Å². The van der Waals surface area contributed by atoms with E-state index in [2.05, 4.69) is 45.0 Å². The Morgan fingerprint density at radius 1 is 1.26 bits per heavy atom. The summed E-state index contributed by atoms with van der Waals surface area (Å²) in [6.45, 7) is 8.86. The van der Waals surface area contributed by atoms with Crippen molar-refractivity contribution in [3.8, 4) is 11.6 Å². The van der Waals surface area contributed by atoms with E-state index in [4.69, 9.17) is 14.0 Å². The van der Waals surface area contributed by atoms with Crippen molar-refractivity contribution in [2.75, 3.05) is 13.7 Å². The van der Waals surface area contributed by atoms with Crippen molar-refractivity contribution in [3.63, 3.8) is 0 Å². The number of aliphatic hydroxyl groups is 1. The number of Topliss-reactive ketones (excluding diaryl/α,β-unsaturated/α-hetero) is 1. The van der Waals surface area contributed by atoms with E-state index in [1.54, 1.807) is 7.11 Å². The van der Waals surface area contributed by atoms with Crippen LogP contribution in [0.2, 0.25) is 0 Å². The zero-order chi connectivity index (χ0) is 24.0. The highest BCUT2D eigenvalue weighted by molar-refractivity contribution is 5.93. The SMILES string of the molecule is COc1ccc2onc(OC3C(C)=CC45C(=O)C(C=C(CO)CC34)C3C(C[C@H]5C)C3(C)C)c2c1. The lowest BCUT2D eigenvalue weighted by atomic mass is 9.62. The normalized spacial score (nSPS) is 37.8. The first-order valence-corrected chi connectivity index (χ1v) is 12.4. The molecule has 6 heteroatoms. The average Bonchev–Trinajstić information content (AvgIpc) is 3.09. The molecule has 7 atom stereocenters. The Labute approximate surface area is 200 Å². The van der Waals surface area contributed by atoms with Crippen molar-refractivity contribution in [2.45, 2.75) is 46.6 Å². The first-order chi connectivity index (χ1) is 16.2. The average molecular weight is 464 g/mol. The van der Waals surface area contributed by atoms with E-state index >= 15 is 0 Å². The standard InChI is InChI=1S/C28H33NO5/c1-14-12-28-15(2)8-20-23(27(20,3)4)19(25(28)31)9-16(13-30)10-21(28)24(14)33-26-18-11-17(32-5)6-7-22(18)34-29-26/h6-7,9,11-12,15,19-21,23-24,30H,8,10,13H2,1-5H3/t15-,19?,20?,21?,23?,24?,28?/m1/s1. The van der Waals surface area contributed by atoms with Crippen molar-refractivity contribution >= 4 is 16.8 Å². The molecular formula is C28H33NO5. The topological polar surface area (TPSA) is 81.8 Å². The van der Waals surface area contributed by atoms with Gasteiger partial charge in [-0.05, 0) is 77.4 Å². The quantitative estimate of drug-likeness (QED) is 0.645. The maximum absolute atomic E-state index is 14.4. The van der Waals surface area contributed by atoms with Crippen LogP contribution >= 0.6 is 0 Å². The summed E-state index contributed by atoms with van der Waals surface area (Å²) >= 11 is 0. The smallest absolute Gasteiger partial charge is 0.262 e. The summed E-state index contributed by atoms with van der Waals surface area (Å²) in [5, 5.41) is 15.2. The van der Waals surface area contributed by atoms with Crippen LogP contribution in [0.25, 0.3) is 11.0 Å². The zero-order valence-corrected chi connectivity index (χ0v) is 20.5. The molecule has 180 valence electrons. The molecule has 6 unspecified atom stereocenters. The number of allylic oxidation sites excluding steroid dienone is 2. The van der Waals surface area contributed by atoms with Gasteiger partial charge in [0.25, 0.3) is 5.88 Å². The largest absolute Gasteiger partial charge is 0.497 e. The van der Waals surface area contributed by atoms with Gasteiger partial charge in [0.15, 0.2) is 11.4 Å². The van der Waals surface area contributed by atoms with Gasteiger partial charge in [-0.2, -0.15) is 0 Å². The summed E-state index contributed by atoms with van der Waals surface area (Å²) in [4.78, 5) is 14.4. The number of carbonyl (C=O) groups excluding carboxylic acids is 1. The molecule has 34 heavy (non-hydrogen) atoms. The second-order valence-corrected chi connectivity index (χ2v) is 11.5. The molecule has 4 aliphatic carbocycles. The highest BCUT2D eigenvalue weighted by Gasteiger charge is 2.70. The molecule has 2 saturated carbocycles. The molecule has 6 rings (SSSR count). The number of nitrogens with zero attached hydrogens (tertiary/aromatic N) is 1. The molecule has 2 fully saturated rings. The predicted molar refractivity (Wildman–Crippen MR) is 127 cm³/mol. The molecule has 1 N–H and O–H groups in total. The number of ether oxygens (including phenoxy) is 2. The lowest BCUT2D eigenvalue weighted by molar-refractivity contribution is -0.135. The molecule has 6 nitrogen and oxygen atoms in total. The van der Waals surface area contributed by atoms with Crippen LogP contribution in [0.4, 0.5) is 0 Å². The molecule has 2 bridgehead atoms. The number of ketones is 1. The summed E-state index contributed by atoms with van der Waals surface area (Å²) in [5.74, 6) is 2.28. The van der Waals surface area contributed by atoms with Gasteiger partial charge < -0.3 is 19.1 Å². The van der Waals surface area contributed by atoms with Gasteiger partial charge in [-0.3, -0.25) is 4.79 Å². The summed E-state index contributed by atoms with van der Waals surface area (Å²) in [5.41, 5.74) is 2.21. The van der Waals surface area contributed by atoms with Crippen LogP contribution in [0.1, 0.15) is 40.5 Å². The van der Waals surface area contributed by atoms with E-state index in [9.17, 15) is 9.90 Å². The molecule has 1 aromatic carbocycles. The number of carbonyl (C=O) groups is 1. The monoisotopic (exact) mass is 463 g/mol. The molecule has 1 heterocycles. The van der Waals surface area contributed by atoms with E-state index in [-0.39, 0.29) is 35.9 Å². The van der Waals surface area contributed by atoms with Gasteiger partial charge in [0.1, 0.15) is 11.9 Å². The first kappa shape index (κ1) is 21.9. The maximum Gasteiger partial charge on any atom is 0.262 e. The van der Waals surface area contributed by atoms with E-state index in [0.29, 0.717) is 41.3 Å². The number of rotatable bonds is 4. The first-order valence-electron chi connectivity index (χ1n) is 12.4. The zero-order valence-electron chi connectivity index (χ0n) is 20.5. The Hall–Kier alpha value is -2.60. The fourth-order valence-corrected chi connectivity index (χ4v) is 7.70. The Morgan fingerprint density at radius 2 is 2.06 bits per heavy atom. The molecule has 0 amide bonds. The third-order valence-electron chi connectivity index (χ3n) is 9.56. The highest BCUT2D eigenvalue weighted by Crippen LogP contribution is 2.71. The third kappa shape index (κ3) is 2.78. The van der Waals surface area contributed by atoms with Gasteiger partial charge in [0, 0.05) is 11.8 Å². The van der Waals surface area contributed by atoms with E-state index in [0.717, 1.165) is 23.0 Å². The molecule has 1 aromatic heterocycles. The molecule has 4 aliphatic rings. The van der Waals surface area contributed by atoms with Crippen LogP contribution in [-0.2, 0) is 4.79 Å².